The molecule has 10 heteroatoms. The van der Waals surface area contributed by atoms with Crippen LogP contribution in [0.4, 0.5) is 11.4 Å². The first-order valence-corrected chi connectivity index (χ1v) is 15.2. The molecule has 236 valence electrons. The van der Waals surface area contributed by atoms with Crippen LogP contribution in [0.15, 0.2) is 88.8 Å². The third-order valence-electron chi connectivity index (χ3n) is 7.51. The fraction of sp³-hybridized carbons (Fsp3) is 0.222. The van der Waals surface area contributed by atoms with Crippen molar-refractivity contribution < 1.29 is 14.3 Å². The number of nitrogens with one attached hydrogen (secondary N) is 1. The quantitative estimate of drug-likeness (QED) is 0.164. The third kappa shape index (κ3) is 7.05. The molecule has 0 fully saturated rings. The maximum Gasteiger partial charge on any atom is 0.282 e. The minimum atomic E-state index is -0.339. The van der Waals surface area contributed by atoms with Crippen molar-refractivity contribution in [3.63, 3.8) is 0 Å². The number of ether oxygens (including phenoxy) is 2. The van der Waals surface area contributed by atoms with Gasteiger partial charge in [0.25, 0.3) is 11.5 Å². The van der Waals surface area contributed by atoms with Crippen LogP contribution < -0.4 is 25.2 Å². The highest BCUT2D eigenvalue weighted by Crippen LogP contribution is 2.34. The number of rotatable bonds is 10. The lowest BCUT2D eigenvalue weighted by molar-refractivity contribution is -0.118. The number of aryl methyl sites for hydroxylation is 1. The average Bonchev–Trinajstić information content (AvgIpc) is 3.04. The maximum atomic E-state index is 13.9. The monoisotopic (exact) mass is 637 g/mol. The van der Waals surface area contributed by atoms with Crippen molar-refractivity contribution in [3.05, 3.63) is 111 Å². The normalized spacial score (nSPS) is 11.3. The van der Waals surface area contributed by atoms with Gasteiger partial charge in [-0.05, 0) is 84.6 Å². The molecule has 0 aliphatic rings. The van der Waals surface area contributed by atoms with Crippen molar-refractivity contribution in [1.29, 1.82) is 0 Å². The highest BCUT2D eigenvalue weighted by Gasteiger charge is 2.19. The van der Waals surface area contributed by atoms with Crippen LogP contribution in [0.5, 0.6) is 11.5 Å². The van der Waals surface area contributed by atoms with Crippen molar-refractivity contribution in [1.82, 2.24) is 9.66 Å². The molecule has 5 aromatic rings. The van der Waals surface area contributed by atoms with E-state index in [2.05, 4.69) is 24.3 Å². The highest BCUT2D eigenvalue weighted by molar-refractivity contribution is 6.30. The van der Waals surface area contributed by atoms with Gasteiger partial charge in [-0.2, -0.15) is 9.78 Å². The molecule has 0 spiro atoms. The van der Waals surface area contributed by atoms with Crippen LogP contribution in [0.25, 0.3) is 22.3 Å². The van der Waals surface area contributed by atoms with Gasteiger partial charge < -0.3 is 19.7 Å². The molecule has 0 radical (unpaired) electrons. The van der Waals surface area contributed by atoms with Crippen molar-refractivity contribution in [2.75, 3.05) is 38.0 Å². The van der Waals surface area contributed by atoms with E-state index in [1.165, 1.54) is 4.68 Å². The average molecular weight is 638 g/mol. The number of halogens is 1. The van der Waals surface area contributed by atoms with E-state index in [1.807, 2.05) is 68.4 Å². The van der Waals surface area contributed by atoms with E-state index in [4.69, 9.17) is 26.1 Å². The molecule has 4 aromatic carbocycles. The van der Waals surface area contributed by atoms with Crippen LogP contribution in [-0.4, -0.2) is 49.6 Å². The van der Waals surface area contributed by atoms with Crippen LogP contribution in [0.2, 0.25) is 5.02 Å². The number of nitrogens with zero attached hydrogens (tertiary/aromatic N) is 4. The van der Waals surface area contributed by atoms with Crippen LogP contribution in [-0.2, 0) is 4.79 Å². The first kappa shape index (κ1) is 32.2. The SMILES string of the molecule is COc1cc(C)c(-c2nc3ccccc3c(=O)n2N=Cc2ccc(N(C)C)cc2OCC(=O)Nc2ccc(Cl)cc2)cc1C(C)C. The minimum absolute atomic E-state index is 0.172. The van der Waals surface area contributed by atoms with Crippen molar-refractivity contribution >= 4 is 46.0 Å². The van der Waals surface area contributed by atoms with Gasteiger partial charge in [-0.1, -0.05) is 37.6 Å². The lowest BCUT2D eigenvalue weighted by Crippen LogP contribution is -2.21. The number of carbonyl (C=O) groups excluding carboxylic acids is 1. The van der Waals surface area contributed by atoms with Crippen LogP contribution >= 0.6 is 11.6 Å². The molecule has 46 heavy (non-hydrogen) atoms. The van der Waals surface area contributed by atoms with E-state index in [0.717, 1.165) is 28.1 Å². The molecule has 0 aliphatic carbocycles. The summed E-state index contributed by atoms with van der Waals surface area (Å²) in [4.78, 5) is 33.5. The summed E-state index contributed by atoms with van der Waals surface area (Å²) in [6, 6.07) is 23.6. The van der Waals surface area contributed by atoms with Crippen LogP contribution in [0, 0.1) is 6.92 Å². The lowest BCUT2D eigenvalue weighted by Gasteiger charge is -2.18. The number of hydrogen-bond acceptors (Lipinski definition) is 7. The molecule has 1 heterocycles. The van der Waals surface area contributed by atoms with Gasteiger partial charge in [-0.15, -0.1) is 0 Å². The smallest absolute Gasteiger partial charge is 0.282 e. The largest absolute Gasteiger partial charge is 0.496 e. The molecule has 1 aromatic heterocycles. The van der Waals surface area contributed by atoms with Crippen molar-refractivity contribution in [3.8, 4) is 22.9 Å². The van der Waals surface area contributed by atoms with Gasteiger partial charge >= 0.3 is 0 Å². The number of para-hydroxylation sites is 1. The first-order chi connectivity index (χ1) is 22.0. The Bertz CT molecular complexity index is 1980. The van der Waals surface area contributed by atoms with Gasteiger partial charge in [-0.25, -0.2) is 4.98 Å². The molecule has 9 nitrogen and oxygen atoms in total. The van der Waals surface area contributed by atoms with E-state index < -0.39 is 0 Å². The summed E-state index contributed by atoms with van der Waals surface area (Å²) in [6.07, 6.45) is 1.55. The van der Waals surface area contributed by atoms with E-state index in [-0.39, 0.29) is 24.0 Å². The summed E-state index contributed by atoms with van der Waals surface area (Å²) < 4.78 is 13.0. The van der Waals surface area contributed by atoms with E-state index in [0.29, 0.717) is 38.8 Å². The Kier molecular flexibility index (Phi) is 9.72. The summed E-state index contributed by atoms with van der Waals surface area (Å²) in [6.45, 7) is 5.89. The maximum absolute atomic E-state index is 13.9. The Morgan fingerprint density at radius 1 is 1.04 bits per heavy atom. The molecule has 1 amide bonds. The fourth-order valence-corrected chi connectivity index (χ4v) is 5.12. The van der Waals surface area contributed by atoms with E-state index >= 15 is 0 Å². The number of fused-ring (bicyclic) bond motifs is 1. The zero-order valence-corrected chi connectivity index (χ0v) is 27.4. The fourth-order valence-electron chi connectivity index (χ4n) is 5.00. The molecule has 0 saturated heterocycles. The summed E-state index contributed by atoms with van der Waals surface area (Å²) in [5, 5.41) is 8.49. The highest BCUT2D eigenvalue weighted by atomic mass is 35.5. The van der Waals surface area contributed by atoms with Crippen molar-refractivity contribution in [2.45, 2.75) is 26.7 Å². The molecular formula is C36H36ClN5O4. The van der Waals surface area contributed by atoms with Gasteiger partial charge in [0.1, 0.15) is 11.5 Å². The zero-order valence-electron chi connectivity index (χ0n) is 26.7. The van der Waals surface area contributed by atoms with Crippen molar-refractivity contribution in [2.24, 2.45) is 5.10 Å². The Morgan fingerprint density at radius 3 is 2.48 bits per heavy atom. The van der Waals surface area contributed by atoms with Gasteiger partial charge in [0.2, 0.25) is 0 Å². The summed E-state index contributed by atoms with van der Waals surface area (Å²) in [5.41, 5.74) is 4.95. The van der Waals surface area contributed by atoms with Gasteiger partial charge in [-0.3, -0.25) is 9.59 Å². The van der Waals surface area contributed by atoms with Gasteiger partial charge in [0, 0.05) is 47.7 Å². The number of benzene rings is 4. The predicted octanol–water partition coefficient (Wildman–Crippen LogP) is 7.12. The molecule has 0 aliphatic heterocycles. The topological polar surface area (TPSA) is 98.1 Å². The standard InChI is InChI=1S/C36H36ClN5O4/c1-22(2)29-19-30(23(3)17-33(29)45-6)35-40-31-10-8-7-9-28(31)36(44)42(35)38-20-24-11-16-27(41(4)5)18-32(24)46-21-34(43)39-26-14-12-25(37)13-15-26/h7-20,22H,21H2,1-6H3,(H,39,43). The number of methoxy groups -OCH3 is 1. The number of aromatic nitrogens is 2. The Labute approximate surface area is 273 Å². The second-order valence-corrected chi connectivity index (χ2v) is 11.8. The minimum Gasteiger partial charge on any atom is -0.496 e. The number of anilines is 2. The Balaban J connectivity index is 1.56. The second kappa shape index (κ2) is 13.9. The summed E-state index contributed by atoms with van der Waals surface area (Å²) in [7, 11) is 5.47. The summed E-state index contributed by atoms with van der Waals surface area (Å²) in [5.74, 6) is 1.43. The Morgan fingerprint density at radius 2 is 1.78 bits per heavy atom. The van der Waals surface area contributed by atoms with E-state index in [9.17, 15) is 9.59 Å². The lowest BCUT2D eigenvalue weighted by atomic mass is 9.96. The Hall–Kier alpha value is -5.15. The number of amides is 1. The van der Waals surface area contributed by atoms with Gasteiger partial charge in [0.15, 0.2) is 12.4 Å². The molecule has 0 saturated carbocycles. The number of carbonyl (C=O) groups is 1. The summed E-state index contributed by atoms with van der Waals surface area (Å²) >= 11 is 5.96. The van der Waals surface area contributed by atoms with Crippen LogP contribution in [0.1, 0.15) is 36.5 Å². The van der Waals surface area contributed by atoms with E-state index in [1.54, 1.807) is 49.7 Å². The van der Waals surface area contributed by atoms with Crippen LogP contribution in [0.3, 0.4) is 0 Å². The molecule has 0 atom stereocenters. The number of hydrogen-bond donors (Lipinski definition) is 1. The second-order valence-electron chi connectivity index (χ2n) is 11.3. The molecule has 1 N–H and O–H groups in total. The predicted molar refractivity (Wildman–Crippen MR) is 186 cm³/mol. The molecule has 0 bridgehead atoms. The third-order valence-corrected chi connectivity index (χ3v) is 7.76. The zero-order chi connectivity index (χ0) is 33.0. The van der Waals surface area contributed by atoms with Gasteiger partial charge in [0.05, 0.1) is 24.2 Å². The molecule has 5 rings (SSSR count). The molecular weight excluding hydrogens is 602 g/mol. The first-order valence-electron chi connectivity index (χ1n) is 14.8. The molecule has 0 unspecified atom stereocenters.